The number of carbonyl (C=O) groups excluding carboxylic acids is 5. The van der Waals surface area contributed by atoms with Crippen LogP contribution in [0.2, 0.25) is 0 Å². The number of fused-ring (bicyclic) bond motifs is 1. The summed E-state index contributed by atoms with van der Waals surface area (Å²) >= 11 is 0. The average molecular weight is 754 g/mol. The Morgan fingerprint density at radius 3 is 2.47 bits per heavy atom. The molecule has 1 aromatic heterocycles. The number of nitrogens with zero attached hydrogens (tertiary/aromatic N) is 2. The van der Waals surface area contributed by atoms with Crippen molar-refractivity contribution in [2.45, 2.75) is 101 Å². The number of aromatic nitrogens is 1. The zero-order valence-corrected chi connectivity index (χ0v) is 31.6. The Labute approximate surface area is 308 Å². The fourth-order valence-corrected chi connectivity index (χ4v) is 7.62. The van der Waals surface area contributed by atoms with Gasteiger partial charge in [0.2, 0.25) is 27.7 Å². The van der Waals surface area contributed by atoms with Crippen LogP contribution in [0.15, 0.2) is 54.8 Å². The summed E-state index contributed by atoms with van der Waals surface area (Å²) in [6, 6.07) is 4.40. The highest BCUT2D eigenvalue weighted by Crippen LogP contribution is 2.45. The normalized spacial score (nSPS) is 23.4. The van der Waals surface area contributed by atoms with Gasteiger partial charge in [-0.3, -0.25) is 23.9 Å². The second-order valence-electron chi connectivity index (χ2n) is 14.7. The number of amides is 4. The average Bonchev–Trinajstić information content (AvgIpc) is 4.03. The number of pyridine rings is 1. The molecule has 5 rings (SSSR count). The quantitative estimate of drug-likeness (QED) is 0.189. The van der Waals surface area contributed by atoms with E-state index in [0.29, 0.717) is 29.6 Å². The largest absolute Gasteiger partial charge is 0.497 e. The van der Waals surface area contributed by atoms with E-state index in [1.807, 2.05) is 0 Å². The van der Waals surface area contributed by atoms with Gasteiger partial charge in [-0.05, 0) is 89.1 Å². The maximum Gasteiger partial charge on any atom is 0.408 e. The monoisotopic (exact) mass is 753 g/mol. The third kappa shape index (κ3) is 8.98. The van der Waals surface area contributed by atoms with Crippen LogP contribution in [0.25, 0.3) is 10.8 Å². The van der Waals surface area contributed by atoms with Gasteiger partial charge in [0.1, 0.15) is 35.1 Å². The second kappa shape index (κ2) is 15.2. The SMILES string of the molecule is C=C[C@@H]1C[C@]1(NC(=O)[C@@H]1C[C@@H](Oc2nccc3cc(OC)ccc23)CN1C(=O)[C@H](CC(=O)C(C)=CC)NC(=O)OC(C)(C)C)C(=O)NS(=O)(=O)C1CC1. The van der Waals surface area contributed by atoms with Crippen molar-refractivity contribution >= 4 is 50.4 Å². The van der Waals surface area contributed by atoms with Gasteiger partial charge in [-0.1, -0.05) is 12.2 Å². The van der Waals surface area contributed by atoms with Crippen molar-refractivity contribution in [1.29, 1.82) is 0 Å². The Bertz CT molecular complexity index is 1950. The van der Waals surface area contributed by atoms with E-state index in [1.54, 1.807) is 78.3 Å². The number of sulfonamides is 1. The van der Waals surface area contributed by atoms with E-state index in [-0.39, 0.29) is 25.3 Å². The predicted octanol–water partition coefficient (Wildman–Crippen LogP) is 3.08. The standard InChI is InChI=1S/C37H47N5O10S/c1-8-21(3)30(43)18-28(39-35(47)52-36(4,5)6)33(45)42-20-25(51-32-27-13-10-24(50-7)16-22(27)14-15-38-32)17-29(42)31(44)40-37(19-23(37)9-2)34(46)41-53(48,49)26-11-12-26/h8-10,13-16,23,25-26,28-29H,2,11-12,17-20H2,1,3-7H3,(H,39,47)(H,40,44)(H,41,46)/t23-,25-,28+,29+,37-/m1/s1. The highest BCUT2D eigenvalue weighted by atomic mass is 32.2. The highest BCUT2D eigenvalue weighted by molar-refractivity contribution is 7.91. The summed E-state index contributed by atoms with van der Waals surface area (Å²) in [4.78, 5) is 73.8. The molecule has 0 unspecified atom stereocenters. The summed E-state index contributed by atoms with van der Waals surface area (Å²) in [6.45, 7) is 11.8. The second-order valence-corrected chi connectivity index (χ2v) is 16.6. The number of methoxy groups -OCH3 is 1. The molecule has 1 aromatic carbocycles. The fourth-order valence-electron chi connectivity index (χ4n) is 6.26. The molecule has 2 saturated carbocycles. The smallest absolute Gasteiger partial charge is 0.408 e. The first-order valence-corrected chi connectivity index (χ1v) is 19.0. The lowest BCUT2D eigenvalue weighted by Crippen LogP contribution is -2.58. The molecule has 0 radical (unpaired) electrons. The fraction of sp³-hybridized carbons (Fsp3) is 0.514. The van der Waals surface area contributed by atoms with Crippen LogP contribution >= 0.6 is 0 Å². The first kappa shape index (κ1) is 39.2. The first-order chi connectivity index (χ1) is 24.9. The van der Waals surface area contributed by atoms with Crippen LogP contribution in [0.5, 0.6) is 11.6 Å². The lowest BCUT2D eigenvalue weighted by atomic mass is 10.0. The lowest BCUT2D eigenvalue weighted by molar-refractivity contribution is -0.141. The Morgan fingerprint density at radius 2 is 1.87 bits per heavy atom. The maximum absolute atomic E-state index is 14.4. The van der Waals surface area contributed by atoms with Gasteiger partial charge < -0.3 is 29.7 Å². The number of hydrogen-bond acceptors (Lipinski definition) is 11. The van der Waals surface area contributed by atoms with Gasteiger partial charge in [0.15, 0.2) is 5.78 Å². The molecule has 3 fully saturated rings. The molecule has 15 nitrogen and oxygen atoms in total. The predicted molar refractivity (Wildman–Crippen MR) is 194 cm³/mol. The van der Waals surface area contributed by atoms with Crippen molar-refractivity contribution in [1.82, 2.24) is 25.2 Å². The van der Waals surface area contributed by atoms with Crippen LogP contribution < -0.4 is 24.8 Å². The third-order valence-electron chi connectivity index (χ3n) is 9.56. The third-order valence-corrected chi connectivity index (χ3v) is 11.4. The van der Waals surface area contributed by atoms with Crippen molar-refractivity contribution < 1.29 is 46.6 Å². The number of ketones is 1. The minimum absolute atomic E-state index is 0.0659. The molecule has 0 bridgehead atoms. The minimum atomic E-state index is -3.94. The molecule has 0 spiro atoms. The van der Waals surface area contributed by atoms with Crippen molar-refractivity contribution in [3.8, 4) is 11.6 Å². The number of carbonyl (C=O) groups is 5. The molecule has 1 saturated heterocycles. The molecule has 3 aliphatic rings. The van der Waals surface area contributed by atoms with E-state index >= 15 is 0 Å². The van der Waals surface area contributed by atoms with Gasteiger partial charge in [-0.25, -0.2) is 18.2 Å². The molecule has 286 valence electrons. The van der Waals surface area contributed by atoms with E-state index in [2.05, 4.69) is 26.9 Å². The first-order valence-electron chi connectivity index (χ1n) is 17.5. The zero-order valence-electron chi connectivity index (χ0n) is 30.8. The van der Waals surface area contributed by atoms with Crippen molar-refractivity contribution in [2.24, 2.45) is 5.92 Å². The van der Waals surface area contributed by atoms with Crippen molar-refractivity contribution in [3.05, 3.63) is 54.8 Å². The topological polar surface area (TPSA) is 199 Å². The van der Waals surface area contributed by atoms with E-state index in [4.69, 9.17) is 14.2 Å². The number of hydrogen-bond donors (Lipinski definition) is 3. The maximum atomic E-state index is 14.4. The molecule has 3 N–H and O–H groups in total. The van der Waals surface area contributed by atoms with E-state index in [9.17, 15) is 32.4 Å². The van der Waals surface area contributed by atoms with Crippen molar-refractivity contribution in [2.75, 3.05) is 13.7 Å². The molecule has 16 heteroatoms. The minimum Gasteiger partial charge on any atom is -0.497 e. The number of allylic oxidation sites excluding steroid dienone is 2. The lowest BCUT2D eigenvalue weighted by Gasteiger charge is -2.30. The molecule has 2 aliphatic carbocycles. The van der Waals surface area contributed by atoms with E-state index in [1.165, 1.54) is 11.0 Å². The molecular formula is C37H47N5O10S. The molecule has 5 atom stereocenters. The Balaban J connectivity index is 1.46. The van der Waals surface area contributed by atoms with Crippen LogP contribution in [0.3, 0.4) is 0 Å². The molecule has 1 aliphatic heterocycles. The number of nitrogens with one attached hydrogen (secondary N) is 3. The van der Waals surface area contributed by atoms with Gasteiger partial charge in [0, 0.05) is 30.3 Å². The Kier molecular flexibility index (Phi) is 11.2. The Morgan fingerprint density at radius 1 is 1.15 bits per heavy atom. The summed E-state index contributed by atoms with van der Waals surface area (Å²) in [5.74, 6) is -2.53. The van der Waals surface area contributed by atoms with Crippen LogP contribution in [0, 0.1) is 5.92 Å². The van der Waals surface area contributed by atoms with Gasteiger partial charge in [0.25, 0.3) is 5.91 Å². The number of alkyl carbamates (subject to hydrolysis) is 1. The summed E-state index contributed by atoms with van der Waals surface area (Å²) in [5.41, 5.74) is -2.17. The van der Waals surface area contributed by atoms with Crippen molar-refractivity contribution in [3.63, 3.8) is 0 Å². The van der Waals surface area contributed by atoms with Gasteiger partial charge in [-0.15, -0.1) is 6.58 Å². The zero-order chi connectivity index (χ0) is 38.9. The molecule has 53 heavy (non-hydrogen) atoms. The number of benzene rings is 1. The summed E-state index contributed by atoms with van der Waals surface area (Å²) in [6.07, 6.45) is 3.31. The van der Waals surface area contributed by atoms with Crippen LogP contribution in [0.4, 0.5) is 4.79 Å². The van der Waals surface area contributed by atoms with E-state index < -0.39 is 86.5 Å². The van der Waals surface area contributed by atoms with E-state index in [0.717, 1.165) is 5.39 Å². The van der Waals surface area contributed by atoms with Gasteiger partial charge in [-0.2, -0.15) is 0 Å². The van der Waals surface area contributed by atoms with Gasteiger partial charge in [0.05, 0.1) is 18.9 Å². The highest BCUT2D eigenvalue weighted by Gasteiger charge is 2.62. The number of Topliss-reactive ketones (excluding diaryl/α,β-unsaturated/α-hetero) is 1. The summed E-state index contributed by atoms with van der Waals surface area (Å²) in [7, 11) is -2.39. The molecule has 2 aromatic rings. The molecule has 2 heterocycles. The van der Waals surface area contributed by atoms with Crippen LogP contribution in [-0.4, -0.2) is 96.1 Å². The Hall–Kier alpha value is -4.99. The summed E-state index contributed by atoms with van der Waals surface area (Å²) < 4.78 is 44.5. The molecule has 4 amide bonds. The molecular weight excluding hydrogens is 706 g/mol. The number of rotatable bonds is 14. The van der Waals surface area contributed by atoms with Crippen LogP contribution in [-0.2, 0) is 33.9 Å². The number of likely N-dealkylation sites (tertiary alicyclic amines) is 1. The van der Waals surface area contributed by atoms with Gasteiger partial charge >= 0.3 is 6.09 Å². The van der Waals surface area contributed by atoms with Crippen LogP contribution in [0.1, 0.15) is 66.7 Å². The summed E-state index contributed by atoms with van der Waals surface area (Å²) in [5, 5.41) is 5.99. The number of ether oxygens (including phenoxy) is 3.